The summed E-state index contributed by atoms with van der Waals surface area (Å²) in [6, 6.07) is 3.88. The third kappa shape index (κ3) is 4.04. The molecule has 1 fully saturated rings. The van der Waals surface area contributed by atoms with E-state index in [0.29, 0.717) is 0 Å². The number of carbonyl (C=O) groups is 3. The van der Waals surface area contributed by atoms with Crippen molar-refractivity contribution in [3.63, 3.8) is 0 Å². The van der Waals surface area contributed by atoms with Gasteiger partial charge >= 0.3 is 5.97 Å². The van der Waals surface area contributed by atoms with Gasteiger partial charge in [-0.15, -0.1) is 0 Å². The van der Waals surface area contributed by atoms with E-state index in [1.54, 1.807) is 13.2 Å². The van der Waals surface area contributed by atoms with Crippen LogP contribution < -0.4 is 4.74 Å². The maximum Gasteiger partial charge on any atom is 0.325 e. The Morgan fingerprint density at radius 3 is 2.52 bits per heavy atom. The summed E-state index contributed by atoms with van der Waals surface area (Å²) in [5.41, 5.74) is 2.79. The zero-order valence-electron chi connectivity index (χ0n) is 14.9. The molecule has 0 N–H and O–H groups in total. The number of rotatable bonds is 5. The smallest absolute Gasteiger partial charge is 0.325 e. The van der Waals surface area contributed by atoms with Gasteiger partial charge in [-0.05, 0) is 59.5 Å². The summed E-state index contributed by atoms with van der Waals surface area (Å²) in [5.74, 6) is -0.0754. The first kappa shape index (κ1) is 19.1. The highest BCUT2D eigenvalue weighted by atomic mass is 32.2. The molecule has 2 amide bonds. The van der Waals surface area contributed by atoms with Gasteiger partial charge in [0.1, 0.15) is 12.3 Å². The number of esters is 1. The highest BCUT2D eigenvalue weighted by Gasteiger charge is 2.36. The van der Waals surface area contributed by atoms with E-state index < -0.39 is 17.1 Å². The standard InChI is InChI=1S/C18H21NO5S/c1-10(2)13-7-12(11(3)6-14(13)23-4)8-15-17(21)19(18(22)25-15)9-16(20)24-5/h6-8,10H,9H2,1-5H3/b15-8+. The first-order valence-corrected chi connectivity index (χ1v) is 8.60. The van der Waals surface area contributed by atoms with E-state index in [1.807, 2.05) is 19.1 Å². The molecule has 1 saturated heterocycles. The maximum atomic E-state index is 12.4. The summed E-state index contributed by atoms with van der Waals surface area (Å²) in [6.07, 6.45) is 1.68. The second-order valence-electron chi connectivity index (χ2n) is 5.95. The minimum absolute atomic E-state index is 0.247. The molecule has 1 aromatic carbocycles. The van der Waals surface area contributed by atoms with Gasteiger partial charge in [-0.3, -0.25) is 19.3 Å². The van der Waals surface area contributed by atoms with Crippen LogP contribution in [0.5, 0.6) is 5.75 Å². The molecule has 0 radical (unpaired) electrons. The van der Waals surface area contributed by atoms with Crippen LogP contribution in [-0.2, 0) is 14.3 Å². The molecule has 0 bridgehead atoms. The Hall–Kier alpha value is -2.28. The molecule has 7 heteroatoms. The number of thioether (sulfide) groups is 1. The monoisotopic (exact) mass is 363 g/mol. The lowest BCUT2D eigenvalue weighted by atomic mass is 9.96. The van der Waals surface area contributed by atoms with Gasteiger partial charge < -0.3 is 9.47 Å². The maximum absolute atomic E-state index is 12.4. The summed E-state index contributed by atoms with van der Waals surface area (Å²) >= 11 is 0.822. The Morgan fingerprint density at radius 2 is 1.96 bits per heavy atom. The number of imide groups is 1. The number of hydrogen-bond acceptors (Lipinski definition) is 6. The Labute approximate surface area is 151 Å². The fraction of sp³-hybridized carbons (Fsp3) is 0.389. The third-order valence-corrected chi connectivity index (χ3v) is 4.82. The molecule has 2 rings (SSSR count). The zero-order chi connectivity index (χ0) is 18.7. The van der Waals surface area contributed by atoms with Gasteiger partial charge in [-0.25, -0.2) is 0 Å². The van der Waals surface area contributed by atoms with E-state index in [9.17, 15) is 14.4 Å². The normalized spacial score (nSPS) is 16.1. The summed E-state index contributed by atoms with van der Waals surface area (Å²) < 4.78 is 9.94. The quantitative estimate of drug-likeness (QED) is 0.590. The fourth-order valence-corrected chi connectivity index (χ4v) is 3.30. The molecule has 6 nitrogen and oxygen atoms in total. The average Bonchev–Trinajstić information content (AvgIpc) is 2.83. The predicted octanol–water partition coefficient (Wildman–Crippen LogP) is 3.34. The lowest BCUT2D eigenvalue weighted by molar-refractivity contribution is -0.143. The molecule has 1 aromatic rings. The number of methoxy groups -OCH3 is 2. The van der Waals surface area contributed by atoms with Crippen molar-refractivity contribution in [1.29, 1.82) is 0 Å². The molecule has 0 spiro atoms. The van der Waals surface area contributed by atoms with Crippen molar-refractivity contribution in [3.8, 4) is 5.75 Å². The number of benzene rings is 1. The van der Waals surface area contributed by atoms with Crippen LogP contribution in [0, 0.1) is 6.92 Å². The van der Waals surface area contributed by atoms with E-state index in [0.717, 1.165) is 39.1 Å². The number of aryl methyl sites for hydroxylation is 1. The highest BCUT2D eigenvalue weighted by molar-refractivity contribution is 8.18. The van der Waals surface area contributed by atoms with Crippen LogP contribution in [0.3, 0.4) is 0 Å². The average molecular weight is 363 g/mol. The van der Waals surface area contributed by atoms with E-state index >= 15 is 0 Å². The fourth-order valence-electron chi connectivity index (χ4n) is 2.47. The van der Waals surface area contributed by atoms with E-state index in [2.05, 4.69) is 18.6 Å². The van der Waals surface area contributed by atoms with Crippen molar-refractivity contribution in [2.24, 2.45) is 0 Å². The molecule has 0 atom stereocenters. The second-order valence-corrected chi connectivity index (χ2v) is 6.94. The number of ether oxygens (including phenoxy) is 2. The Balaban J connectivity index is 2.37. The Bertz CT molecular complexity index is 754. The predicted molar refractivity (Wildman–Crippen MR) is 96.5 cm³/mol. The number of nitrogens with zero attached hydrogens (tertiary/aromatic N) is 1. The SMILES string of the molecule is COC(=O)CN1C(=O)S/C(=C/c2cc(C(C)C)c(OC)cc2C)C1=O. The Kier molecular flexibility index (Phi) is 5.89. The first-order chi connectivity index (χ1) is 11.8. The molecule has 0 saturated carbocycles. The van der Waals surface area contributed by atoms with Gasteiger partial charge in [0.25, 0.3) is 11.1 Å². The molecular weight excluding hydrogens is 342 g/mol. The molecular formula is C18H21NO5S. The van der Waals surface area contributed by atoms with Crippen molar-refractivity contribution in [1.82, 2.24) is 4.90 Å². The van der Waals surface area contributed by atoms with Gasteiger partial charge in [0.05, 0.1) is 19.1 Å². The van der Waals surface area contributed by atoms with E-state index in [-0.39, 0.29) is 17.4 Å². The van der Waals surface area contributed by atoms with Gasteiger partial charge in [0, 0.05) is 0 Å². The van der Waals surface area contributed by atoms with Crippen molar-refractivity contribution in [2.75, 3.05) is 20.8 Å². The summed E-state index contributed by atoms with van der Waals surface area (Å²) in [6.45, 7) is 5.65. The number of amides is 2. The largest absolute Gasteiger partial charge is 0.496 e. The minimum Gasteiger partial charge on any atom is -0.496 e. The van der Waals surface area contributed by atoms with Crippen LogP contribution >= 0.6 is 11.8 Å². The van der Waals surface area contributed by atoms with E-state index in [4.69, 9.17) is 4.74 Å². The van der Waals surface area contributed by atoms with Crippen molar-refractivity contribution < 1.29 is 23.9 Å². The first-order valence-electron chi connectivity index (χ1n) is 7.79. The number of carbonyl (C=O) groups excluding carboxylic acids is 3. The van der Waals surface area contributed by atoms with Gasteiger partial charge in [-0.1, -0.05) is 13.8 Å². The molecule has 134 valence electrons. The van der Waals surface area contributed by atoms with Crippen LogP contribution in [0.2, 0.25) is 0 Å². The van der Waals surface area contributed by atoms with Gasteiger partial charge in [-0.2, -0.15) is 0 Å². The molecule has 1 heterocycles. The summed E-state index contributed by atoms with van der Waals surface area (Å²) in [7, 11) is 2.84. The molecule has 1 aliphatic heterocycles. The lowest BCUT2D eigenvalue weighted by Gasteiger charge is -2.15. The van der Waals surface area contributed by atoms with Gasteiger partial charge in [0.2, 0.25) is 0 Å². The van der Waals surface area contributed by atoms with Crippen LogP contribution in [-0.4, -0.2) is 42.8 Å². The van der Waals surface area contributed by atoms with Crippen LogP contribution in [0.4, 0.5) is 4.79 Å². The van der Waals surface area contributed by atoms with E-state index in [1.165, 1.54) is 7.11 Å². The van der Waals surface area contributed by atoms with Crippen molar-refractivity contribution in [2.45, 2.75) is 26.7 Å². The highest BCUT2D eigenvalue weighted by Crippen LogP contribution is 2.35. The van der Waals surface area contributed by atoms with Crippen LogP contribution in [0.25, 0.3) is 6.08 Å². The molecule has 25 heavy (non-hydrogen) atoms. The minimum atomic E-state index is -0.633. The van der Waals surface area contributed by atoms with Crippen LogP contribution in [0.15, 0.2) is 17.0 Å². The third-order valence-electron chi connectivity index (χ3n) is 3.92. The zero-order valence-corrected chi connectivity index (χ0v) is 15.7. The summed E-state index contributed by atoms with van der Waals surface area (Å²) in [5, 5.41) is -0.475. The second kappa shape index (κ2) is 7.74. The van der Waals surface area contributed by atoms with Crippen LogP contribution in [0.1, 0.15) is 36.5 Å². The molecule has 0 unspecified atom stereocenters. The molecule has 0 aromatic heterocycles. The molecule has 0 aliphatic carbocycles. The topological polar surface area (TPSA) is 72.9 Å². The molecule has 1 aliphatic rings. The van der Waals surface area contributed by atoms with Crippen molar-refractivity contribution >= 4 is 35.0 Å². The Morgan fingerprint density at radius 1 is 1.28 bits per heavy atom. The lowest BCUT2D eigenvalue weighted by Crippen LogP contribution is -2.34. The van der Waals surface area contributed by atoms with Crippen molar-refractivity contribution in [3.05, 3.63) is 33.7 Å². The summed E-state index contributed by atoms with van der Waals surface area (Å²) in [4.78, 5) is 36.9. The number of hydrogen-bond donors (Lipinski definition) is 0. The van der Waals surface area contributed by atoms with Gasteiger partial charge in [0.15, 0.2) is 0 Å².